The van der Waals surface area contributed by atoms with E-state index in [1.54, 1.807) is 0 Å². The van der Waals surface area contributed by atoms with Crippen LogP contribution in [0.3, 0.4) is 0 Å². The number of hydrogen-bond acceptors (Lipinski definition) is 3. The van der Waals surface area contributed by atoms with Crippen LogP contribution in [0.2, 0.25) is 0 Å². The Morgan fingerprint density at radius 2 is 0.762 bits per heavy atom. The van der Waals surface area contributed by atoms with Gasteiger partial charge in [0.05, 0.1) is 13.2 Å². The van der Waals surface area contributed by atoms with Crippen LogP contribution in [0, 0.1) is 11.8 Å². The zero-order valence-corrected chi connectivity index (χ0v) is 28.9. The van der Waals surface area contributed by atoms with E-state index >= 15 is 0 Å². The van der Waals surface area contributed by atoms with Crippen molar-refractivity contribution in [2.24, 2.45) is 11.8 Å². The molecule has 0 aliphatic carbocycles. The van der Waals surface area contributed by atoms with Gasteiger partial charge in [-0.05, 0) is 71.3 Å². The molecule has 1 rings (SSSR count). The third-order valence-electron chi connectivity index (χ3n) is 9.02. The predicted molar refractivity (Wildman–Crippen MR) is 187 cm³/mol. The van der Waals surface area contributed by atoms with Crippen molar-refractivity contribution in [2.45, 2.75) is 168 Å². The Labute approximate surface area is 264 Å². The Hall–Kier alpha value is -0.640. The van der Waals surface area contributed by atoms with E-state index in [0.29, 0.717) is 11.8 Å². The largest absolute Gasteiger partial charge is 0.381 e. The minimum Gasteiger partial charge on any atom is -0.381 e. The molecule has 248 valence electrons. The molecule has 1 aliphatic heterocycles. The van der Waals surface area contributed by atoms with Crippen molar-refractivity contribution in [3.63, 3.8) is 0 Å². The maximum Gasteiger partial charge on any atom is 0.0510 e. The zero-order valence-electron chi connectivity index (χ0n) is 28.9. The van der Waals surface area contributed by atoms with Crippen LogP contribution in [0.5, 0.6) is 0 Å². The predicted octanol–water partition coefficient (Wildman–Crippen LogP) is 11.7. The number of rotatable bonds is 32. The topological polar surface area (TPSA) is 21.7 Å². The third kappa shape index (κ3) is 25.8. The van der Waals surface area contributed by atoms with Gasteiger partial charge in [0.25, 0.3) is 0 Å². The molecule has 1 saturated heterocycles. The fourth-order valence-corrected chi connectivity index (χ4v) is 6.22. The maximum atomic E-state index is 6.14. The number of ether oxygens (including phenoxy) is 2. The van der Waals surface area contributed by atoms with Crippen molar-refractivity contribution in [2.75, 3.05) is 46.6 Å². The number of likely N-dealkylation sites (tertiary alicyclic amines) is 1. The summed E-state index contributed by atoms with van der Waals surface area (Å²) in [5.74, 6) is 1.28. The molecular formula is C39H75NO2. The first-order valence-corrected chi connectivity index (χ1v) is 18.9. The van der Waals surface area contributed by atoms with Gasteiger partial charge >= 0.3 is 0 Å². The van der Waals surface area contributed by atoms with Crippen molar-refractivity contribution < 1.29 is 9.47 Å². The van der Waals surface area contributed by atoms with Gasteiger partial charge in [-0.15, -0.1) is 0 Å². The summed E-state index contributed by atoms with van der Waals surface area (Å²) in [5, 5.41) is 0. The molecule has 3 heteroatoms. The first-order chi connectivity index (χ1) is 20.8. The summed E-state index contributed by atoms with van der Waals surface area (Å²) in [7, 11) is 2.25. The fourth-order valence-electron chi connectivity index (χ4n) is 6.22. The summed E-state index contributed by atoms with van der Waals surface area (Å²) in [6.07, 6.45) is 41.8. The summed E-state index contributed by atoms with van der Waals surface area (Å²) in [5.41, 5.74) is 0. The molecule has 0 unspecified atom stereocenters. The molecule has 0 aromatic rings. The average Bonchev–Trinajstić information content (AvgIpc) is 3.35. The van der Waals surface area contributed by atoms with E-state index in [2.05, 4.69) is 50.1 Å². The van der Waals surface area contributed by atoms with Crippen LogP contribution in [0.15, 0.2) is 24.3 Å². The Bertz CT molecular complexity index is 539. The summed E-state index contributed by atoms with van der Waals surface area (Å²) in [6, 6.07) is 0. The van der Waals surface area contributed by atoms with Crippen LogP contribution in [0.25, 0.3) is 0 Å². The van der Waals surface area contributed by atoms with Gasteiger partial charge in [-0.2, -0.15) is 0 Å². The number of hydrogen-bond donors (Lipinski definition) is 0. The average molecular weight is 590 g/mol. The molecule has 0 N–H and O–H groups in total. The lowest BCUT2D eigenvalue weighted by Gasteiger charge is -2.18. The Morgan fingerprint density at radius 3 is 1.12 bits per heavy atom. The van der Waals surface area contributed by atoms with Crippen molar-refractivity contribution in [1.29, 1.82) is 0 Å². The molecule has 0 radical (unpaired) electrons. The SMILES string of the molecule is CCCCCC/C=C\CCCCCCCCOC[C@@H]1CN(C)C[C@H]1COCCCCCCCC/C=C\CCCCCC. The molecular weight excluding hydrogens is 514 g/mol. The van der Waals surface area contributed by atoms with Gasteiger partial charge in [0.1, 0.15) is 0 Å². The quantitative estimate of drug-likeness (QED) is 0.0575. The third-order valence-corrected chi connectivity index (χ3v) is 9.02. The molecule has 0 saturated carbocycles. The van der Waals surface area contributed by atoms with Gasteiger partial charge in [-0.25, -0.2) is 0 Å². The summed E-state index contributed by atoms with van der Waals surface area (Å²) in [6.45, 7) is 10.6. The molecule has 1 heterocycles. The van der Waals surface area contributed by atoms with Gasteiger partial charge in [0.2, 0.25) is 0 Å². The Balaban J connectivity index is 1.88. The van der Waals surface area contributed by atoms with E-state index in [1.165, 1.54) is 154 Å². The van der Waals surface area contributed by atoms with Crippen LogP contribution in [0.4, 0.5) is 0 Å². The van der Waals surface area contributed by atoms with E-state index in [9.17, 15) is 0 Å². The molecule has 2 atom stereocenters. The van der Waals surface area contributed by atoms with Crippen LogP contribution < -0.4 is 0 Å². The smallest absolute Gasteiger partial charge is 0.0510 e. The molecule has 1 fully saturated rings. The normalized spacial score (nSPS) is 17.9. The second kappa shape index (κ2) is 31.8. The Morgan fingerprint density at radius 1 is 0.452 bits per heavy atom. The minimum absolute atomic E-state index is 0.639. The molecule has 1 aliphatic rings. The summed E-state index contributed by atoms with van der Waals surface area (Å²) >= 11 is 0. The lowest BCUT2D eigenvalue weighted by molar-refractivity contribution is 0.0482. The molecule has 0 aromatic carbocycles. The van der Waals surface area contributed by atoms with Crippen molar-refractivity contribution in [1.82, 2.24) is 4.90 Å². The van der Waals surface area contributed by atoms with Gasteiger partial charge in [-0.3, -0.25) is 0 Å². The van der Waals surface area contributed by atoms with Crippen LogP contribution in [-0.2, 0) is 9.47 Å². The maximum absolute atomic E-state index is 6.14. The molecule has 0 bridgehead atoms. The first-order valence-electron chi connectivity index (χ1n) is 18.9. The van der Waals surface area contributed by atoms with Crippen molar-refractivity contribution in [3.8, 4) is 0 Å². The van der Waals surface area contributed by atoms with Crippen LogP contribution in [-0.4, -0.2) is 51.5 Å². The summed E-state index contributed by atoms with van der Waals surface area (Å²) in [4.78, 5) is 2.46. The van der Waals surface area contributed by atoms with Crippen molar-refractivity contribution >= 4 is 0 Å². The second-order valence-corrected chi connectivity index (χ2v) is 13.4. The molecule has 0 amide bonds. The second-order valence-electron chi connectivity index (χ2n) is 13.4. The lowest BCUT2D eigenvalue weighted by atomic mass is 9.98. The highest BCUT2D eigenvalue weighted by Crippen LogP contribution is 2.23. The van der Waals surface area contributed by atoms with E-state index in [-0.39, 0.29) is 0 Å². The van der Waals surface area contributed by atoms with Crippen LogP contribution in [0.1, 0.15) is 168 Å². The van der Waals surface area contributed by atoms with Gasteiger partial charge < -0.3 is 14.4 Å². The monoisotopic (exact) mass is 590 g/mol. The minimum atomic E-state index is 0.639. The summed E-state index contributed by atoms with van der Waals surface area (Å²) < 4.78 is 12.3. The number of unbranched alkanes of at least 4 members (excludes halogenated alkanes) is 20. The lowest BCUT2D eigenvalue weighted by Crippen LogP contribution is -2.23. The van der Waals surface area contributed by atoms with E-state index < -0.39 is 0 Å². The number of nitrogens with zero attached hydrogens (tertiary/aromatic N) is 1. The van der Waals surface area contributed by atoms with Gasteiger partial charge in [0.15, 0.2) is 0 Å². The Kier molecular flexibility index (Phi) is 29.8. The molecule has 3 nitrogen and oxygen atoms in total. The van der Waals surface area contributed by atoms with Gasteiger partial charge in [0, 0.05) is 38.1 Å². The molecule has 0 spiro atoms. The van der Waals surface area contributed by atoms with Crippen molar-refractivity contribution in [3.05, 3.63) is 24.3 Å². The van der Waals surface area contributed by atoms with Crippen LogP contribution >= 0.6 is 0 Å². The first kappa shape index (κ1) is 39.4. The van der Waals surface area contributed by atoms with E-state index in [0.717, 1.165) is 39.5 Å². The zero-order chi connectivity index (χ0) is 30.2. The highest BCUT2D eigenvalue weighted by Gasteiger charge is 2.30. The van der Waals surface area contributed by atoms with E-state index in [4.69, 9.17) is 9.47 Å². The van der Waals surface area contributed by atoms with Gasteiger partial charge in [-0.1, -0.05) is 128 Å². The standard InChI is InChI=1S/C39H75NO2/c1-4-6-8-10-12-14-16-18-20-22-24-26-28-30-32-41-36-38-34-40(3)35-39(38)37-42-33-31-29-27-25-23-21-19-17-15-13-11-9-7-5-2/h14-17,38-39H,4-13,18-37H2,1-3H3/b16-14-,17-15-/t38-,39-/m0/s1. The number of allylic oxidation sites excluding steroid dienone is 4. The molecule has 0 aromatic heterocycles. The fraction of sp³-hybridized carbons (Fsp3) is 0.897. The van der Waals surface area contributed by atoms with E-state index in [1.807, 2.05) is 0 Å². The highest BCUT2D eigenvalue weighted by atomic mass is 16.5. The molecule has 42 heavy (non-hydrogen) atoms. The highest BCUT2D eigenvalue weighted by molar-refractivity contribution is 4.83.